The minimum Gasteiger partial charge on any atom is -0.496 e. The van der Waals surface area contributed by atoms with Crippen molar-refractivity contribution >= 4 is 11.8 Å². The maximum absolute atomic E-state index is 12.8. The van der Waals surface area contributed by atoms with E-state index in [0.29, 0.717) is 17.7 Å². The number of fused-ring (bicyclic) bond motifs is 1. The molecular formula is C15H18N2O5. The Labute approximate surface area is 127 Å². The number of hydrogen-bond donors (Lipinski definition) is 3. The van der Waals surface area contributed by atoms with Crippen molar-refractivity contribution in [3.8, 4) is 5.75 Å². The molecule has 1 aromatic carbocycles. The van der Waals surface area contributed by atoms with Gasteiger partial charge in [-0.05, 0) is 25.8 Å². The first kappa shape index (κ1) is 14.8. The summed E-state index contributed by atoms with van der Waals surface area (Å²) in [4.78, 5) is 26.2. The van der Waals surface area contributed by atoms with E-state index in [9.17, 15) is 19.8 Å². The highest BCUT2D eigenvalue weighted by Gasteiger charge is 2.52. The molecule has 22 heavy (non-hydrogen) atoms. The van der Waals surface area contributed by atoms with Crippen molar-refractivity contribution in [2.45, 2.75) is 37.8 Å². The van der Waals surface area contributed by atoms with Crippen LogP contribution in [0.3, 0.4) is 0 Å². The Kier molecular flexibility index (Phi) is 3.34. The van der Waals surface area contributed by atoms with Crippen LogP contribution in [0.1, 0.15) is 41.9 Å². The lowest BCUT2D eigenvalue weighted by atomic mass is 9.88. The lowest BCUT2D eigenvalue weighted by molar-refractivity contribution is -0.146. The molecule has 0 spiro atoms. The first-order valence-corrected chi connectivity index (χ1v) is 7.08. The number of ether oxygens (including phenoxy) is 1. The SMILES string of the molecule is COc1cccc2c1C(=O)N(C1(C)CCC(O)NC1=O)C2O. The van der Waals surface area contributed by atoms with Crippen LogP contribution >= 0.6 is 0 Å². The van der Waals surface area contributed by atoms with Gasteiger partial charge in [-0.25, -0.2) is 0 Å². The molecule has 3 N–H and O–H groups in total. The molecule has 3 unspecified atom stereocenters. The summed E-state index contributed by atoms with van der Waals surface area (Å²) in [6, 6.07) is 4.96. The number of carbonyl (C=O) groups is 2. The highest BCUT2D eigenvalue weighted by atomic mass is 16.5. The lowest BCUT2D eigenvalue weighted by Crippen LogP contribution is -2.63. The van der Waals surface area contributed by atoms with Crippen LogP contribution in [0.2, 0.25) is 0 Å². The van der Waals surface area contributed by atoms with E-state index in [1.54, 1.807) is 25.1 Å². The molecule has 0 radical (unpaired) electrons. The lowest BCUT2D eigenvalue weighted by Gasteiger charge is -2.43. The van der Waals surface area contributed by atoms with Crippen molar-refractivity contribution in [3.05, 3.63) is 29.3 Å². The maximum Gasteiger partial charge on any atom is 0.261 e. The van der Waals surface area contributed by atoms with Gasteiger partial charge in [0.2, 0.25) is 5.91 Å². The van der Waals surface area contributed by atoms with Gasteiger partial charge in [-0.3, -0.25) is 14.5 Å². The zero-order valence-corrected chi connectivity index (χ0v) is 12.4. The number of nitrogens with zero attached hydrogens (tertiary/aromatic N) is 1. The number of hydrogen-bond acceptors (Lipinski definition) is 5. The summed E-state index contributed by atoms with van der Waals surface area (Å²) in [6.45, 7) is 1.59. The molecule has 2 aliphatic heterocycles. The molecule has 0 bridgehead atoms. The van der Waals surface area contributed by atoms with Crippen LogP contribution in [0.5, 0.6) is 5.75 Å². The molecule has 2 heterocycles. The fourth-order valence-electron chi connectivity index (χ4n) is 3.17. The second kappa shape index (κ2) is 4.96. The van der Waals surface area contributed by atoms with Gasteiger partial charge in [-0.1, -0.05) is 12.1 Å². The van der Waals surface area contributed by atoms with E-state index < -0.39 is 29.8 Å². The highest BCUT2D eigenvalue weighted by Crippen LogP contribution is 2.43. The van der Waals surface area contributed by atoms with Crippen molar-refractivity contribution in [3.63, 3.8) is 0 Å². The third-order valence-corrected chi connectivity index (χ3v) is 4.46. The zero-order chi connectivity index (χ0) is 16.1. The molecule has 7 nitrogen and oxygen atoms in total. The van der Waals surface area contributed by atoms with E-state index in [4.69, 9.17) is 4.74 Å². The predicted molar refractivity (Wildman–Crippen MR) is 75.9 cm³/mol. The fourth-order valence-corrected chi connectivity index (χ4v) is 3.17. The van der Waals surface area contributed by atoms with Crippen molar-refractivity contribution in [2.75, 3.05) is 7.11 Å². The summed E-state index contributed by atoms with van der Waals surface area (Å²) in [7, 11) is 1.45. The quantitative estimate of drug-likeness (QED) is 0.721. The summed E-state index contributed by atoms with van der Waals surface area (Å²) in [5, 5.41) is 22.5. The molecular weight excluding hydrogens is 288 g/mol. The van der Waals surface area contributed by atoms with Crippen LogP contribution in [-0.2, 0) is 4.79 Å². The molecule has 2 aliphatic rings. The van der Waals surface area contributed by atoms with Crippen molar-refractivity contribution in [1.29, 1.82) is 0 Å². The molecule has 1 aromatic rings. The van der Waals surface area contributed by atoms with Crippen molar-refractivity contribution < 1.29 is 24.5 Å². The van der Waals surface area contributed by atoms with Gasteiger partial charge < -0.3 is 20.3 Å². The topological polar surface area (TPSA) is 99.1 Å². The second-order valence-electron chi connectivity index (χ2n) is 5.78. The Bertz CT molecular complexity index is 647. The minimum atomic E-state index is -1.22. The molecule has 118 valence electrons. The number of aliphatic hydroxyl groups excluding tert-OH is 2. The number of rotatable bonds is 2. The Hall–Kier alpha value is -2.12. The van der Waals surface area contributed by atoms with Crippen LogP contribution in [-0.4, -0.2) is 45.8 Å². The van der Waals surface area contributed by atoms with E-state index in [1.807, 2.05) is 0 Å². The Morgan fingerprint density at radius 2 is 2.09 bits per heavy atom. The minimum absolute atomic E-state index is 0.263. The van der Waals surface area contributed by atoms with Crippen LogP contribution < -0.4 is 10.1 Å². The molecule has 0 aromatic heterocycles. The van der Waals surface area contributed by atoms with Gasteiger partial charge in [0.15, 0.2) is 6.23 Å². The first-order chi connectivity index (χ1) is 10.4. The van der Waals surface area contributed by atoms with E-state index in [0.717, 1.165) is 0 Å². The number of amides is 2. The van der Waals surface area contributed by atoms with Crippen LogP contribution in [0, 0.1) is 0 Å². The van der Waals surface area contributed by atoms with Gasteiger partial charge >= 0.3 is 0 Å². The zero-order valence-electron chi connectivity index (χ0n) is 12.4. The molecule has 0 aliphatic carbocycles. The average Bonchev–Trinajstić information content (AvgIpc) is 2.76. The summed E-state index contributed by atoms with van der Waals surface area (Å²) in [5.74, 6) is -0.566. The smallest absolute Gasteiger partial charge is 0.261 e. The fraction of sp³-hybridized carbons (Fsp3) is 0.467. The maximum atomic E-state index is 12.8. The van der Waals surface area contributed by atoms with Gasteiger partial charge in [0.25, 0.3) is 5.91 Å². The number of piperidine rings is 1. The normalized spacial score (nSPS) is 31.0. The third-order valence-electron chi connectivity index (χ3n) is 4.46. The van der Waals surface area contributed by atoms with E-state index >= 15 is 0 Å². The molecule has 7 heteroatoms. The average molecular weight is 306 g/mol. The number of aliphatic hydroxyl groups is 2. The van der Waals surface area contributed by atoms with E-state index in [-0.39, 0.29) is 12.0 Å². The molecule has 1 saturated heterocycles. The summed E-state index contributed by atoms with van der Waals surface area (Å²) >= 11 is 0. The number of benzene rings is 1. The van der Waals surface area contributed by atoms with Crippen molar-refractivity contribution in [1.82, 2.24) is 10.2 Å². The van der Waals surface area contributed by atoms with Gasteiger partial charge in [-0.2, -0.15) is 0 Å². The summed E-state index contributed by atoms with van der Waals surface area (Å²) in [5.41, 5.74) is -0.526. The molecule has 2 amide bonds. The first-order valence-electron chi connectivity index (χ1n) is 7.08. The highest BCUT2D eigenvalue weighted by molar-refractivity contribution is 6.05. The third kappa shape index (κ3) is 1.89. The molecule has 3 atom stereocenters. The largest absolute Gasteiger partial charge is 0.496 e. The molecule has 1 fully saturated rings. The predicted octanol–water partition coefficient (Wildman–Crippen LogP) is 0.129. The summed E-state index contributed by atoms with van der Waals surface area (Å²) in [6.07, 6.45) is -1.57. The van der Waals surface area contributed by atoms with Crippen LogP contribution in [0.15, 0.2) is 18.2 Å². The number of nitrogens with one attached hydrogen (secondary N) is 1. The van der Waals surface area contributed by atoms with Crippen LogP contribution in [0.4, 0.5) is 0 Å². The monoisotopic (exact) mass is 306 g/mol. The second-order valence-corrected chi connectivity index (χ2v) is 5.78. The Morgan fingerprint density at radius 3 is 2.73 bits per heavy atom. The van der Waals surface area contributed by atoms with Gasteiger partial charge in [-0.15, -0.1) is 0 Å². The Balaban J connectivity index is 2.04. The van der Waals surface area contributed by atoms with Crippen molar-refractivity contribution in [2.24, 2.45) is 0 Å². The molecule has 3 rings (SSSR count). The summed E-state index contributed by atoms with van der Waals surface area (Å²) < 4.78 is 5.19. The van der Waals surface area contributed by atoms with Gasteiger partial charge in [0.05, 0.1) is 12.7 Å². The van der Waals surface area contributed by atoms with E-state index in [1.165, 1.54) is 12.0 Å². The van der Waals surface area contributed by atoms with Gasteiger partial charge in [0.1, 0.15) is 17.5 Å². The number of methoxy groups -OCH3 is 1. The Morgan fingerprint density at radius 1 is 1.36 bits per heavy atom. The van der Waals surface area contributed by atoms with Crippen LogP contribution in [0.25, 0.3) is 0 Å². The van der Waals surface area contributed by atoms with E-state index in [2.05, 4.69) is 5.32 Å². The molecule has 0 saturated carbocycles. The standard InChI is InChI=1S/C15H18N2O5/c1-15(7-6-10(18)16-14(15)21)17-12(19)8-4-3-5-9(22-2)11(8)13(17)20/h3-5,10,12,18-19H,6-7H2,1-2H3,(H,16,21). The van der Waals surface area contributed by atoms with Gasteiger partial charge in [0, 0.05) is 5.56 Å². The number of carbonyl (C=O) groups excluding carboxylic acids is 2.